The number of hydrogen-bond acceptors (Lipinski definition) is 7. The molecule has 0 spiro atoms. The summed E-state index contributed by atoms with van der Waals surface area (Å²) in [7, 11) is 0. The molecule has 0 saturated heterocycles. The number of aromatic nitrogens is 8. The first kappa shape index (κ1) is 38.5. The maximum Gasteiger partial charge on any atom is 0.235 e. The SMILES string of the molecule is c1ccc(-c2cc(-c3ccccc3)nc(-n3c4ccccc4c4ccc(-c5nnc(-c6cccc7c8ccccc8n(-c8nc(-c9ccccc9)cc(-c9ccccc9)n8)c67)s5)cc43)n2)cc1. The molecule has 0 aliphatic heterocycles. The van der Waals surface area contributed by atoms with Crippen molar-refractivity contribution in [3.8, 4) is 78.1 Å². The third-order valence-corrected chi connectivity index (χ3v) is 13.4. The van der Waals surface area contributed by atoms with E-state index in [1.807, 2.05) is 72.8 Å². The summed E-state index contributed by atoms with van der Waals surface area (Å²) >= 11 is 1.57. The number of hydrogen-bond donors (Lipinski definition) is 0. The van der Waals surface area contributed by atoms with Crippen molar-refractivity contribution in [3.05, 3.63) is 218 Å². The monoisotopic (exact) mass is 876 g/mol. The number of fused-ring (bicyclic) bond motifs is 6. The Balaban J connectivity index is 0.984. The smallest absolute Gasteiger partial charge is 0.235 e. The fraction of sp³-hybridized carbons (Fsp3) is 0. The van der Waals surface area contributed by atoms with Gasteiger partial charge in [0.25, 0.3) is 0 Å². The Labute approximate surface area is 388 Å². The van der Waals surface area contributed by atoms with Gasteiger partial charge in [0, 0.05) is 54.9 Å². The van der Waals surface area contributed by atoms with Crippen LogP contribution < -0.4 is 0 Å². The van der Waals surface area contributed by atoms with E-state index in [1.54, 1.807) is 11.3 Å². The minimum atomic E-state index is 0.579. The van der Waals surface area contributed by atoms with Gasteiger partial charge in [-0.1, -0.05) is 193 Å². The van der Waals surface area contributed by atoms with Gasteiger partial charge in [-0.25, -0.2) is 19.9 Å². The van der Waals surface area contributed by atoms with Gasteiger partial charge in [0.1, 0.15) is 10.0 Å². The Morgan fingerprint density at radius 3 is 1.25 bits per heavy atom. The average Bonchev–Trinajstić information content (AvgIpc) is 4.13. The van der Waals surface area contributed by atoms with Crippen LogP contribution in [0.1, 0.15) is 0 Å². The Hall–Kier alpha value is -8.92. The largest absolute Gasteiger partial charge is 0.278 e. The third kappa shape index (κ3) is 6.67. The lowest BCUT2D eigenvalue weighted by molar-refractivity contribution is 0.995. The van der Waals surface area contributed by atoms with Crippen molar-refractivity contribution in [2.75, 3.05) is 0 Å². The standard InChI is InChI=1S/C58H36N8S/c1-5-18-37(19-6-1)47-35-48(38-20-7-2-8-21-38)60-57(59-47)65-51-30-15-13-26-42(51)44-33-32-41(34-53(44)65)55-63-64-56(67-55)46-29-17-28-45-43-27-14-16-31-52(43)66(54(45)46)58-61-49(39-22-9-3-10-23-39)36-50(62-58)40-24-11-4-12-25-40/h1-36H. The molecule has 0 aliphatic rings. The molecule has 0 atom stereocenters. The van der Waals surface area contributed by atoms with Crippen molar-refractivity contribution in [3.63, 3.8) is 0 Å². The van der Waals surface area contributed by atoms with E-state index >= 15 is 0 Å². The maximum absolute atomic E-state index is 5.29. The van der Waals surface area contributed by atoms with Gasteiger partial charge >= 0.3 is 0 Å². The first-order valence-corrected chi connectivity index (χ1v) is 22.9. The summed E-state index contributed by atoms with van der Waals surface area (Å²) in [5, 5.41) is 15.8. The molecule has 5 heterocycles. The molecule has 0 aliphatic carbocycles. The van der Waals surface area contributed by atoms with Crippen LogP contribution in [0.4, 0.5) is 0 Å². The van der Waals surface area contributed by atoms with Gasteiger partial charge in [0.15, 0.2) is 0 Å². The zero-order valence-corrected chi connectivity index (χ0v) is 36.6. The van der Waals surface area contributed by atoms with Crippen molar-refractivity contribution in [1.29, 1.82) is 0 Å². The van der Waals surface area contributed by atoms with Gasteiger partial charge in [0.05, 0.1) is 44.8 Å². The lowest BCUT2D eigenvalue weighted by Crippen LogP contribution is -2.04. The van der Waals surface area contributed by atoms with Gasteiger partial charge in [-0.3, -0.25) is 9.13 Å². The van der Waals surface area contributed by atoms with Gasteiger partial charge in [0.2, 0.25) is 11.9 Å². The van der Waals surface area contributed by atoms with Crippen LogP contribution in [0.5, 0.6) is 0 Å². The summed E-state index contributed by atoms with van der Waals surface area (Å²) in [4.78, 5) is 21.1. The number of rotatable bonds is 8. The molecule has 0 bridgehead atoms. The van der Waals surface area contributed by atoms with E-state index in [9.17, 15) is 0 Å². The second-order valence-corrected chi connectivity index (χ2v) is 17.4. The normalized spacial score (nSPS) is 11.6. The molecule has 0 unspecified atom stereocenters. The summed E-state index contributed by atoms with van der Waals surface area (Å²) in [6.45, 7) is 0. The fourth-order valence-corrected chi connectivity index (χ4v) is 10.1. The van der Waals surface area contributed by atoms with Crippen molar-refractivity contribution in [2.45, 2.75) is 0 Å². The van der Waals surface area contributed by atoms with E-state index in [2.05, 4.69) is 155 Å². The van der Waals surface area contributed by atoms with Crippen LogP contribution in [-0.2, 0) is 0 Å². The predicted octanol–water partition coefficient (Wildman–Crippen LogP) is 14.3. The van der Waals surface area contributed by atoms with Crippen molar-refractivity contribution >= 4 is 54.9 Å². The third-order valence-electron chi connectivity index (χ3n) is 12.4. The second-order valence-electron chi connectivity index (χ2n) is 16.4. The van der Waals surface area contributed by atoms with Gasteiger partial charge < -0.3 is 0 Å². The molecule has 0 N–H and O–H groups in total. The van der Waals surface area contributed by atoms with Crippen LogP contribution in [-0.4, -0.2) is 39.3 Å². The summed E-state index contributed by atoms with van der Waals surface area (Å²) < 4.78 is 4.37. The van der Waals surface area contributed by atoms with Gasteiger partial charge in [-0.05, 0) is 36.4 Å². The van der Waals surface area contributed by atoms with Crippen LogP contribution in [0.15, 0.2) is 218 Å². The van der Waals surface area contributed by atoms with Crippen LogP contribution in [0.25, 0.3) is 122 Å². The summed E-state index contributed by atoms with van der Waals surface area (Å²) in [6, 6.07) is 75.2. The average molecular weight is 877 g/mol. The van der Waals surface area contributed by atoms with Crippen molar-refractivity contribution < 1.29 is 0 Å². The second kappa shape index (κ2) is 16.0. The lowest BCUT2D eigenvalue weighted by Gasteiger charge is -2.12. The minimum Gasteiger partial charge on any atom is -0.278 e. The van der Waals surface area contributed by atoms with E-state index < -0.39 is 0 Å². The Kier molecular flexibility index (Phi) is 9.17. The van der Waals surface area contributed by atoms with E-state index in [0.717, 1.165) is 110 Å². The first-order chi connectivity index (χ1) is 33.2. The topological polar surface area (TPSA) is 87.2 Å². The van der Waals surface area contributed by atoms with E-state index in [-0.39, 0.29) is 0 Å². The van der Waals surface area contributed by atoms with Crippen molar-refractivity contribution in [2.24, 2.45) is 0 Å². The maximum atomic E-state index is 5.29. The van der Waals surface area contributed by atoms with E-state index in [0.29, 0.717) is 11.9 Å². The zero-order valence-electron chi connectivity index (χ0n) is 35.8. The zero-order chi connectivity index (χ0) is 44.3. The van der Waals surface area contributed by atoms with Crippen molar-refractivity contribution in [1.82, 2.24) is 39.3 Å². The molecule has 13 rings (SSSR count). The summed E-state index contributed by atoms with van der Waals surface area (Å²) in [6.07, 6.45) is 0. The van der Waals surface area contributed by atoms with Crippen LogP contribution in [0, 0.1) is 0 Å². The molecule has 0 amide bonds. The molecule has 13 aromatic rings. The molecule has 67 heavy (non-hydrogen) atoms. The quantitative estimate of drug-likeness (QED) is 0.151. The summed E-state index contributed by atoms with van der Waals surface area (Å²) in [5.74, 6) is 1.17. The summed E-state index contributed by atoms with van der Waals surface area (Å²) in [5.41, 5.74) is 13.3. The predicted molar refractivity (Wildman–Crippen MR) is 272 cm³/mol. The van der Waals surface area contributed by atoms with E-state index in [1.165, 1.54) is 0 Å². The molecule has 8 aromatic carbocycles. The molecule has 0 radical (unpaired) electrons. The Bertz CT molecular complexity index is 3860. The van der Waals surface area contributed by atoms with Crippen LogP contribution in [0.2, 0.25) is 0 Å². The molecule has 9 heteroatoms. The molecular weight excluding hydrogens is 841 g/mol. The van der Waals surface area contributed by atoms with Crippen LogP contribution in [0.3, 0.4) is 0 Å². The van der Waals surface area contributed by atoms with Crippen LogP contribution >= 0.6 is 11.3 Å². The van der Waals surface area contributed by atoms with E-state index in [4.69, 9.17) is 30.1 Å². The molecule has 5 aromatic heterocycles. The highest BCUT2D eigenvalue weighted by Crippen LogP contribution is 2.42. The number of para-hydroxylation sites is 3. The number of benzene rings is 8. The molecule has 8 nitrogen and oxygen atoms in total. The van der Waals surface area contributed by atoms with Gasteiger partial charge in [-0.15, -0.1) is 10.2 Å². The molecule has 0 fully saturated rings. The van der Waals surface area contributed by atoms with Gasteiger partial charge in [-0.2, -0.15) is 0 Å². The Morgan fingerprint density at radius 2 is 0.716 bits per heavy atom. The fourth-order valence-electron chi connectivity index (χ4n) is 9.26. The first-order valence-electron chi connectivity index (χ1n) is 22.1. The lowest BCUT2D eigenvalue weighted by atomic mass is 10.1. The minimum absolute atomic E-state index is 0.579. The number of nitrogens with zero attached hydrogens (tertiary/aromatic N) is 8. The Morgan fingerprint density at radius 1 is 0.299 bits per heavy atom. The highest BCUT2D eigenvalue weighted by atomic mass is 32.1. The highest BCUT2D eigenvalue weighted by Gasteiger charge is 2.23. The highest BCUT2D eigenvalue weighted by molar-refractivity contribution is 7.18. The molecule has 314 valence electrons. The molecular formula is C58H36N8S. The molecule has 0 saturated carbocycles.